The highest BCUT2D eigenvalue weighted by Gasteiger charge is 2.45. The van der Waals surface area contributed by atoms with Gasteiger partial charge < -0.3 is 5.11 Å². The molecule has 0 spiro atoms. The van der Waals surface area contributed by atoms with Crippen LogP contribution in [0.2, 0.25) is 0 Å². The summed E-state index contributed by atoms with van der Waals surface area (Å²) in [7, 11) is -0.729. The fraction of sp³-hybridized carbons (Fsp3) is 0.429. The lowest BCUT2D eigenvalue weighted by molar-refractivity contribution is 0.0114. The largest absolute Gasteiger partial charge is 0.389 e. The van der Waals surface area contributed by atoms with Gasteiger partial charge in [-0.25, -0.2) is 0 Å². The van der Waals surface area contributed by atoms with Crippen LogP contribution in [0.15, 0.2) is 54.6 Å². The Kier molecular flexibility index (Phi) is 4.31. The first kappa shape index (κ1) is 16.0. The monoisotopic (exact) mass is 340 g/mol. The van der Waals surface area contributed by atoms with Crippen LogP contribution in [0.25, 0.3) is 11.1 Å². The Morgan fingerprint density at radius 2 is 1.50 bits per heavy atom. The summed E-state index contributed by atoms with van der Waals surface area (Å²) in [6.45, 7) is 0. The zero-order valence-electron chi connectivity index (χ0n) is 13.9. The maximum atomic E-state index is 12.3. The summed E-state index contributed by atoms with van der Waals surface area (Å²) < 4.78 is 12.3. The van der Waals surface area contributed by atoms with Crippen molar-refractivity contribution in [3.05, 3.63) is 60.2 Å². The molecule has 2 nitrogen and oxygen atoms in total. The molecule has 2 bridgehead atoms. The molecule has 4 rings (SSSR count). The van der Waals surface area contributed by atoms with E-state index in [1.54, 1.807) is 0 Å². The van der Waals surface area contributed by atoms with Crippen molar-refractivity contribution in [1.29, 1.82) is 0 Å². The van der Waals surface area contributed by atoms with Crippen LogP contribution in [0.3, 0.4) is 0 Å². The molecule has 24 heavy (non-hydrogen) atoms. The van der Waals surface area contributed by atoms with Crippen molar-refractivity contribution in [3.63, 3.8) is 0 Å². The number of benzene rings is 2. The Morgan fingerprint density at radius 3 is 2.12 bits per heavy atom. The van der Waals surface area contributed by atoms with Crippen molar-refractivity contribution in [2.75, 3.05) is 0 Å². The second kappa shape index (κ2) is 6.45. The second-order valence-corrected chi connectivity index (χ2v) is 9.37. The third-order valence-electron chi connectivity index (χ3n) is 5.52. The molecule has 2 aliphatic rings. The van der Waals surface area contributed by atoms with E-state index in [9.17, 15) is 9.32 Å². The van der Waals surface area contributed by atoms with E-state index in [2.05, 4.69) is 36.4 Å². The lowest BCUT2D eigenvalue weighted by Gasteiger charge is -2.43. The third-order valence-corrected chi connectivity index (χ3v) is 7.64. The van der Waals surface area contributed by atoms with Crippen LogP contribution in [-0.2, 0) is 17.2 Å². The number of hydrogen-bond donors (Lipinski definition) is 1. The highest BCUT2D eigenvalue weighted by atomic mass is 32.2. The first-order valence-electron chi connectivity index (χ1n) is 8.89. The van der Waals surface area contributed by atoms with Gasteiger partial charge in [0.2, 0.25) is 0 Å². The van der Waals surface area contributed by atoms with Gasteiger partial charge >= 0.3 is 0 Å². The standard InChI is InChI=1S/C21H24O2S/c22-21(14-19-7-4-8-20(15-21)24(19)23)13-16-9-11-18(12-10-16)17-5-2-1-3-6-17/h1-3,5-6,9-12,19-20,22H,4,7-8,13-15H2. The molecule has 0 aromatic heterocycles. The lowest BCUT2D eigenvalue weighted by Crippen LogP contribution is -2.50. The van der Waals surface area contributed by atoms with Gasteiger partial charge in [0.05, 0.1) is 5.60 Å². The third kappa shape index (κ3) is 3.20. The van der Waals surface area contributed by atoms with Gasteiger partial charge in [0, 0.05) is 27.7 Å². The highest BCUT2D eigenvalue weighted by molar-refractivity contribution is 7.86. The minimum atomic E-state index is -0.729. The maximum Gasteiger partial charge on any atom is 0.0710 e. The molecule has 126 valence electrons. The zero-order chi connectivity index (χ0) is 16.6. The summed E-state index contributed by atoms with van der Waals surface area (Å²) in [5.41, 5.74) is 2.90. The molecule has 0 radical (unpaired) electrons. The summed E-state index contributed by atoms with van der Waals surface area (Å²) in [4.78, 5) is 0. The molecule has 2 heterocycles. The summed E-state index contributed by atoms with van der Waals surface area (Å²) in [5, 5.41) is 11.5. The van der Waals surface area contributed by atoms with Crippen LogP contribution in [0, 0.1) is 0 Å². The first-order valence-corrected chi connectivity index (χ1v) is 10.2. The summed E-state index contributed by atoms with van der Waals surface area (Å²) in [5.74, 6) is 0. The van der Waals surface area contributed by atoms with Crippen LogP contribution in [0.1, 0.15) is 37.7 Å². The molecule has 2 aromatic rings. The van der Waals surface area contributed by atoms with Gasteiger partial charge in [0.1, 0.15) is 0 Å². The summed E-state index contributed by atoms with van der Waals surface area (Å²) >= 11 is 0. The van der Waals surface area contributed by atoms with Crippen molar-refractivity contribution in [2.24, 2.45) is 0 Å². The van der Waals surface area contributed by atoms with Gasteiger partial charge in [-0.3, -0.25) is 4.21 Å². The summed E-state index contributed by atoms with van der Waals surface area (Å²) in [6, 6.07) is 18.9. The van der Waals surface area contributed by atoms with Gasteiger partial charge in [0.25, 0.3) is 0 Å². The molecule has 3 heteroatoms. The van der Waals surface area contributed by atoms with Crippen molar-refractivity contribution >= 4 is 10.8 Å². The van der Waals surface area contributed by atoms with Crippen LogP contribution < -0.4 is 0 Å². The molecule has 0 saturated carbocycles. The van der Waals surface area contributed by atoms with Gasteiger partial charge in [-0.1, -0.05) is 61.0 Å². The summed E-state index contributed by atoms with van der Waals surface area (Å²) in [6.07, 6.45) is 5.25. The Balaban J connectivity index is 1.50. The van der Waals surface area contributed by atoms with E-state index in [1.165, 1.54) is 23.1 Å². The quantitative estimate of drug-likeness (QED) is 0.914. The van der Waals surface area contributed by atoms with E-state index in [0.717, 1.165) is 12.8 Å². The van der Waals surface area contributed by atoms with Crippen molar-refractivity contribution in [3.8, 4) is 11.1 Å². The molecule has 2 unspecified atom stereocenters. The van der Waals surface area contributed by atoms with Gasteiger partial charge in [-0.15, -0.1) is 0 Å². The number of rotatable bonds is 3. The van der Waals surface area contributed by atoms with E-state index >= 15 is 0 Å². The average Bonchev–Trinajstić information content (AvgIpc) is 2.58. The molecule has 2 saturated heterocycles. The van der Waals surface area contributed by atoms with Crippen LogP contribution in [0.4, 0.5) is 0 Å². The van der Waals surface area contributed by atoms with E-state index < -0.39 is 16.4 Å². The fourth-order valence-corrected chi connectivity index (χ4v) is 6.64. The Labute approximate surface area is 146 Å². The van der Waals surface area contributed by atoms with Crippen LogP contribution in [-0.4, -0.2) is 25.4 Å². The molecule has 0 aliphatic carbocycles. The average molecular weight is 340 g/mol. The molecular weight excluding hydrogens is 316 g/mol. The molecule has 1 N–H and O–H groups in total. The zero-order valence-corrected chi connectivity index (χ0v) is 14.7. The Bertz CT molecular complexity index is 707. The van der Waals surface area contributed by atoms with E-state index in [-0.39, 0.29) is 10.5 Å². The SMILES string of the molecule is O=S1C2CCCC1CC(O)(Cc1ccc(-c3ccccc3)cc1)C2. The number of aliphatic hydroxyl groups is 1. The van der Waals surface area contributed by atoms with Crippen molar-refractivity contribution in [1.82, 2.24) is 0 Å². The van der Waals surface area contributed by atoms with Gasteiger partial charge in [-0.2, -0.15) is 0 Å². The van der Waals surface area contributed by atoms with Crippen molar-refractivity contribution < 1.29 is 9.32 Å². The first-order chi connectivity index (χ1) is 11.6. The molecular formula is C21H24O2S. The number of fused-ring (bicyclic) bond motifs is 2. The molecule has 2 fully saturated rings. The minimum absolute atomic E-state index is 0.200. The normalized spacial score (nSPS) is 32.5. The predicted molar refractivity (Wildman–Crippen MR) is 99.3 cm³/mol. The van der Waals surface area contributed by atoms with Crippen LogP contribution >= 0.6 is 0 Å². The molecule has 2 aliphatic heterocycles. The van der Waals surface area contributed by atoms with Gasteiger partial charge in [-0.05, 0) is 42.4 Å². The number of hydrogen-bond acceptors (Lipinski definition) is 2. The smallest absolute Gasteiger partial charge is 0.0710 e. The van der Waals surface area contributed by atoms with Crippen LogP contribution in [0.5, 0.6) is 0 Å². The van der Waals surface area contributed by atoms with E-state index in [4.69, 9.17) is 0 Å². The van der Waals surface area contributed by atoms with Gasteiger partial charge in [0.15, 0.2) is 0 Å². The topological polar surface area (TPSA) is 37.3 Å². The second-order valence-electron chi connectivity index (χ2n) is 7.38. The lowest BCUT2D eigenvalue weighted by atomic mass is 9.81. The minimum Gasteiger partial charge on any atom is -0.389 e. The highest BCUT2D eigenvalue weighted by Crippen LogP contribution is 2.40. The Morgan fingerprint density at radius 1 is 0.917 bits per heavy atom. The predicted octanol–water partition coefficient (Wildman–Crippen LogP) is 4.09. The molecule has 2 atom stereocenters. The Hall–Kier alpha value is -1.45. The van der Waals surface area contributed by atoms with E-state index in [0.29, 0.717) is 19.3 Å². The fourth-order valence-electron chi connectivity index (χ4n) is 4.35. The molecule has 0 amide bonds. The van der Waals surface area contributed by atoms with Crippen molar-refractivity contribution in [2.45, 2.75) is 54.6 Å². The maximum absolute atomic E-state index is 12.3. The molecule has 2 aromatic carbocycles. The van der Waals surface area contributed by atoms with E-state index in [1.807, 2.05) is 18.2 Å².